The number of benzene rings is 2. The highest BCUT2D eigenvalue weighted by molar-refractivity contribution is 14.0. The van der Waals surface area contributed by atoms with Gasteiger partial charge in [-0.25, -0.2) is 9.07 Å². The maximum absolute atomic E-state index is 13.9. The summed E-state index contributed by atoms with van der Waals surface area (Å²) >= 11 is 0. The van der Waals surface area contributed by atoms with E-state index in [0.29, 0.717) is 19.0 Å². The highest BCUT2D eigenvalue weighted by atomic mass is 127. The van der Waals surface area contributed by atoms with Crippen molar-refractivity contribution in [3.05, 3.63) is 83.9 Å². The van der Waals surface area contributed by atoms with E-state index in [1.165, 1.54) is 6.07 Å². The van der Waals surface area contributed by atoms with Crippen LogP contribution in [0.5, 0.6) is 0 Å². The van der Waals surface area contributed by atoms with Gasteiger partial charge in [-0.2, -0.15) is 5.10 Å². The molecule has 0 saturated heterocycles. The molecule has 2 aromatic carbocycles. The predicted molar refractivity (Wildman–Crippen MR) is 128 cm³/mol. The van der Waals surface area contributed by atoms with Gasteiger partial charge in [-0.3, -0.25) is 4.99 Å². The predicted octanol–water partition coefficient (Wildman–Crippen LogP) is 3.76. The third-order valence-electron chi connectivity index (χ3n) is 4.45. The van der Waals surface area contributed by atoms with Crippen molar-refractivity contribution in [3.63, 3.8) is 0 Å². The Bertz CT molecular complexity index is 947. The Hall–Kier alpha value is -2.46. The molecule has 0 spiro atoms. The number of aliphatic hydroxyl groups excluding tert-OH is 1. The monoisotopic (exact) mass is 523 g/mol. The Morgan fingerprint density at radius 1 is 1.20 bits per heavy atom. The van der Waals surface area contributed by atoms with Gasteiger partial charge in [0, 0.05) is 37.5 Å². The number of nitrogens with zero attached hydrogens (tertiary/aromatic N) is 4. The quantitative estimate of drug-likeness (QED) is 0.281. The van der Waals surface area contributed by atoms with Crippen molar-refractivity contribution >= 4 is 29.9 Å². The molecule has 1 atom stereocenters. The molecule has 3 rings (SSSR count). The average molecular weight is 523 g/mol. The third kappa shape index (κ3) is 6.27. The zero-order chi connectivity index (χ0) is 20.6. The molecule has 1 aromatic heterocycles. The molecule has 0 saturated carbocycles. The van der Waals surface area contributed by atoms with Crippen LogP contribution in [0, 0.1) is 5.82 Å². The summed E-state index contributed by atoms with van der Waals surface area (Å²) in [5, 5.41) is 17.9. The first-order chi connectivity index (χ1) is 14.1. The largest absolute Gasteiger partial charge is 0.386 e. The van der Waals surface area contributed by atoms with Gasteiger partial charge >= 0.3 is 0 Å². The summed E-state index contributed by atoms with van der Waals surface area (Å²) in [7, 11) is 1.91. The number of rotatable bonds is 7. The minimum Gasteiger partial charge on any atom is -0.386 e. The maximum atomic E-state index is 13.9. The van der Waals surface area contributed by atoms with Crippen LogP contribution >= 0.6 is 24.0 Å². The molecule has 0 fully saturated rings. The summed E-state index contributed by atoms with van der Waals surface area (Å²) in [6.45, 7) is 3.32. The van der Waals surface area contributed by atoms with Gasteiger partial charge < -0.3 is 15.3 Å². The standard InChI is InChI=1S/C22H26FN5O.HI/c1-3-24-22(25-14-21(29)19-11-7-8-12-20(19)23)27(2)15-17-13-26-28(16-17)18-9-5-4-6-10-18;/h4-13,16,21,29H,3,14-15H2,1-2H3,(H,24,25);1H. The van der Waals surface area contributed by atoms with Gasteiger partial charge in [-0.15, -0.1) is 24.0 Å². The first kappa shape index (κ1) is 23.8. The lowest BCUT2D eigenvalue weighted by molar-refractivity contribution is 0.181. The molecular weight excluding hydrogens is 496 g/mol. The number of halogens is 2. The van der Waals surface area contributed by atoms with Crippen molar-refractivity contribution in [2.24, 2.45) is 4.99 Å². The Kier molecular flexibility index (Phi) is 9.25. The molecule has 0 aliphatic rings. The number of para-hydroxylation sites is 1. The number of aromatic nitrogens is 2. The minimum absolute atomic E-state index is 0. The van der Waals surface area contributed by atoms with Crippen molar-refractivity contribution < 1.29 is 9.50 Å². The number of aliphatic imine (C=N–C) groups is 1. The van der Waals surface area contributed by atoms with Crippen LogP contribution in [-0.2, 0) is 6.54 Å². The van der Waals surface area contributed by atoms with Gasteiger partial charge in [0.15, 0.2) is 5.96 Å². The van der Waals surface area contributed by atoms with Gasteiger partial charge in [-0.1, -0.05) is 36.4 Å². The molecule has 30 heavy (non-hydrogen) atoms. The molecule has 6 nitrogen and oxygen atoms in total. The second kappa shape index (κ2) is 11.7. The van der Waals surface area contributed by atoms with Gasteiger partial charge in [0.05, 0.1) is 18.4 Å². The van der Waals surface area contributed by atoms with Crippen molar-refractivity contribution in [1.82, 2.24) is 20.0 Å². The summed E-state index contributed by atoms with van der Waals surface area (Å²) in [4.78, 5) is 6.43. The number of hydrogen-bond donors (Lipinski definition) is 2. The van der Waals surface area contributed by atoms with E-state index in [1.54, 1.807) is 18.2 Å². The van der Waals surface area contributed by atoms with Gasteiger partial charge in [0.2, 0.25) is 0 Å². The van der Waals surface area contributed by atoms with Crippen LogP contribution in [0.1, 0.15) is 24.2 Å². The lowest BCUT2D eigenvalue weighted by Crippen LogP contribution is -2.38. The van der Waals surface area contributed by atoms with E-state index in [-0.39, 0.29) is 36.1 Å². The van der Waals surface area contributed by atoms with Crippen molar-refractivity contribution in [2.45, 2.75) is 19.6 Å². The smallest absolute Gasteiger partial charge is 0.194 e. The molecule has 160 valence electrons. The normalized spacial score (nSPS) is 12.2. The summed E-state index contributed by atoms with van der Waals surface area (Å²) in [6.07, 6.45) is 2.80. The molecule has 2 N–H and O–H groups in total. The van der Waals surface area contributed by atoms with Gasteiger partial charge in [0.1, 0.15) is 11.9 Å². The van der Waals surface area contributed by atoms with Crippen LogP contribution in [0.3, 0.4) is 0 Å². The van der Waals surface area contributed by atoms with Crippen LogP contribution < -0.4 is 5.32 Å². The van der Waals surface area contributed by atoms with Crippen molar-refractivity contribution in [2.75, 3.05) is 20.1 Å². The third-order valence-corrected chi connectivity index (χ3v) is 4.45. The average Bonchev–Trinajstić information content (AvgIpc) is 3.20. The summed E-state index contributed by atoms with van der Waals surface area (Å²) in [6, 6.07) is 16.1. The zero-order valence-corrected chi connectivity index (χ0v) is 19.4. The maximum Gasteiger partial charge on any atom is 0.194 e. The van der Waals surface area contributed by atoms with E-state index in [0.717, 1.165) is 11.3 Å². The Balaban J connectivity index is 0.00000320. The van der Waals surface area contributed by atoms with Crippen LogP contribution in [0.4, 0.5) is 4.39 Å². The summed E-state index contributed by atoms with van der Waals surface area (Å²) in [5.41, 5.74) is 2.27. The van der Waals surface area contributed by atoms with Gasteiger partial charge in [0.25, 0.3) is 0 Å². The molecule has 0 radical (unpaired) electrons. The Morgan fingerprint density at radius 3 is 2.60 bits per heavy atom. The lowest BCUT2D eigenvalue weighted by atomic mass is 10.1. The Morgan fingerprint density at radius 2 is 1.90 bits per heavy atom. The van der Waals surface area contributed by atoms with E-state index in [2.05, 4.69) is 15.4 Å². The second-order valence-corrected chi connectivity index (χ2v) is 6.72. The Labute approximate surface area is 193 Å². The molecule has 0 bridgehead atoms. The van der Waals surface area contributed by atoms with E-state index in [4.69, 9.17) is 0 Å². The SMILES string of the molecule is CCNC(=NCC(O)c1ccccc1F)N(C)Cc1cnn(-c2ccccc2)c1.I. The van der Waals surface area contributed by atoms with Crippen LogP contribution in [0.2, 0.25) is 0 Å². The fourth-order valence-electron chi connectivity index (χ4n) is 3.00. The van der Waals surface area contributed by atoms with Gasteiger partial charge in [-0.05, 0) is 25.1 Å². The zero-order valence-electron chi connectivity index (χ0n) is 17.1. The molecule has 8 heteroatoms. The van der Waals surface area contributed by atoms with E-state index >= 15 is 0 Å². The van der Waals surface area contributed by atoms with Crippen LogP contribution in [-0.4, -0.2) is 45.9 Å². The summed E-state index contributed by atoms with van der Waals surface area (Å²) in [5.74, 6) is 0.206. The number of aliphatic hydroxyl groups is 1. The molecule has 0 aliphatic heterocycles. The van der Waals surface area contributed by atoms with E-state index < -0.39 is 11.9 Å². The van der Waals surface area contributed by atoms with Crippen molar-refractivity contribution in [1.29, 1.82) is 0 Å². The first-order valence-corrected chi connectivity index (χ1v) is 9.59. The highest BCUT2D eigenvalue weighted by Gasteiger charge is 2.14. The number of nitrogens with one attached hydrogen (secondary N) is 1. The number of hydrogen-bond acceptors (Lipinski definition) is 3. The molecule has 3 aromatic rings. The number of guanidine groups is 1. The highest BCUT2D eigenvalue weighted by Crippen LogP contribution is 2.17. The minimum atomic E-state index is -1.00. The summed E-state index contributed by atoms with van der Waals surface area (Å²) < 4.78 is 15.7. The van der Waals surface area contributed by atoms with Crippen molar-refractivity contribution in [3.8, 4) is 5.69 Å². The molecule has 1 unspecified atom stereocenters. The van der Waals surface area contributed by atoms with E-state index in [9.17, 15) is 9.50 Å². The fourth-order valence-corrected chi connectivity index (χ4v) is 3.00. The molecule has 1 heterocycles. The molecular formula is C22H27FIN5O. The molecule has 0 amide bonds. The topological polar surface area (TPSA) is 65.7 Å². The second-order valence-electron chi connectivity index (χ2n) is 6.72. The van der Waals surface area contributed by atoms with E-state index in [1.807, 2.05) is 66.3 Å². The lowest BCUT2D eigenvalue weighted by Gasteiger charge is -2.22. The van der Waals surface area contributed by atoms with Crippen LogP contribution in [0.25, 0.3) is 5.69 Å². The van der Waals surface area contributed by atoms with Crippen LogP contribution in [0.15, 0.2) is 72.0 Å². The first-order valence-electron chi connectivity index (χ1n) is 9.59. The fraction of sp³-hybridized carbons (Fsp3) is 0.273. The molecule has 0 aliphatic carbocycles.